The van der Waals surface area contributed by atoms with Crippen LogP contribution in [0.5, 0.6) is 0 Å². The number of carbonyl (C=O) groups is 1. The first kappa shape index (κ1) is 16.5. The smallest absolute Gasteiger partial charge is 0.223 e. The number of piperidine rings is 1. The standard InChI is InChI=1S/C15H26N2O3S/c1-2-12-21(19,20)17-10-8-14(9-11-17)16-15(18)13-6-4-3-5-7-13/h3-4,13-14H,2,5-12H2,1H3,(H,16,18)/t13-/m0/s1. The molecule has 5 nitrogen and oxygen atoms in total. The number of sulfonamides is 1. The summed E-state index contributed by atoms with van der Waals surface area (Å²) in [6.45, 7) is 2.93. The van der Waals surface area contributed by atoms with Crippen LogP contribution in [-0.2, 0) is 14.8 Å². The SMILES string of the molecule is CCCS(=O)(=O)N1CCC(NC(=O)[C@H]2CC=CCC2)CC1. The van der Waals surface area contributed by atoms with Crippen LogP contribution in [0.25, 0.3) is 0 Å². The molecule has 0 saturated carbocycles. The summed E-state index contributed by atoms with van der Waals surface area (Å²) in [6, 6.07) is 0.122. The van der Waals surface area contributed by atoms with Gasteiger partial charge >= 0.3 is 0 Å². The fourth-order valence-electron chi connectivity index (χ4n) is 3.02. The summed E-state index contributed by atoms with van der Waals surface area (Å²) < 4.78 is 25.6. The lowest BCUT2D eigenvalue weighted by molar-refractivity contribution is -0.126. The number of hydrogen-bond donors (Lipinski definition) is 1. The maximum absolute atomic E-state index is 12.2. The van der Waals surface area contributed by atoms with Gasteiger partial charge in [-0.15, -0.1) is 0 Å². The topological polar surface area (TPSA) is 66.5 Å². The molecule has 1 fully saturated rings. The van der Waals surface area contributed by atoms with E-state index in [1.54, 1.807) is 4.31 Å². The van der Waals surface area contributed by atoms with Gasteiger partial charge in [0.15, 0.2) is 0 Å². The van der Waals surface area contributed by atoms with E-state index in [1.165, 1.54) is 0 Å². The van der Waals surface area contributed by atoms with Crippen molar-refractivity contribution in [2.24, 2.45) is 5.92 Å². The third kappa shape index (κ3) is 4.54. The van der Waals surface area contributed by atoms with Crippen LogP contribution in [0.4, 0.5) is 0 Å². The largest absolute Gasteiger partial charge is 0.353 e. The van der Waals surface area contributed by atoms with Crippen molar-refractivity contribution in [1.29, 1.82) is 0 Å². The van der Waals surface area contributed by atoms with Gasteiger partial charge in [0.1, 0.15) is 0 Å². The Hall–Kier alpha value is -0.880. The Morgan fingerprint density at radius 1 is 1.24 bits per heavy atom. The number of allylic oxidation sites excluding steroid dienone is 2. The quantitative estimate of drug-likeness (QED) is 0.785. The molecule has 0 spiro atoms. The predicted octanol–water partition coefficient (Wildman–Crippen LogP) is 1.66. The number of nitrogens with zero attached hydrogens (tertiary/aromatic N) is 1. The number of hydrogen-bond acceptors (Lipinski definition) is 3. The second-order valence-electron chi connectivity index (χ2n) is 5.98. The summed E-state index contributed by atoms with van der Waals surface area (Å²) in [5.74, 6) is 0.449. The third-order valence-electron chi connectivity index (χ3n) is 4.30. The normalized spacial score (nSPS) is 24.9. The molecule has 1 atom stereocenters. The Kier molecular flexibility index (Phi) is 5.81. The van der Waals surface area contributed by atoms with Crippen LogP contribution in [0, 0.1) is 5.92 Å². The maximum atomic E-state index is 12.2. The average molecular weight is 314 g/mol. The number of carbonyl (C=O) groups excluding carboxylic acids is 1. The molecule has 1 amide bonds. The molecule has 1 N–H and O–H groups in total. The van der Waals surface area contributed by atoms with Gasteiger partial charge in [-0.05, 0) is 38.5 Å². The van der Waals surface area contributed by atoms with Crippen molar-refractivity contribution < 1.29 is 13.2 Å². The molecule has 0 bridgehead atoms. The number of amides is 1. The molecule has 1 saturated heterocycles. The van der Waals surface area contributed by atoms with Crippen LogP contribution in [0.1, 0.15) is 45.4 Å². The Morgan fingerprint density at radius 3 is 2.52 bits per heavy atom. The fourth-order valence-corrected chi connectivity index (χ4v) is 4.56. The first-order chi connectivity index (χ1) is 10.0. The second kappa shape index (κ2) is 7.40. The maximum Gasteiger partial charge on any atom is 0.223 e. The zero-order valence-corrected chi connectivity index (χ0v) is 13.6. The zero-order chi connectivity index (χ0) is 15.3. The minimum atomic E-state index is -3.09. The van der Waals surface area contributed by atoms with E-state index in [0.29, 0.717) is 19.5 Å². The average Bonchev–Trinajstić information content (AvgIpc) is 2.48. The van der Waals surface area contributed by atoms with Crippen molar-refractivity contribution in [3.05, 3.63) is 12.2 Å². The van der Waals surface area contributed by atoms with Gasteiger partial charge in [-0.1, -0.05) is 19.1 Å². The van der Waals surface area contributed by atoms with E-state index in [-0.39, 0.29) is 23.6 Å². The predicted molar refractivity (Wildman–Crippen MR) is 83.3 cm³/mol. The van der Waals surface area contributed by atoms with Gasteiger partial charge in [0.25, 0.3) is 0 Å². The van der Waals surface area contributed by atoms with E-state index in [2.05, 4.69) is 17.5 Å². The highest BCUT2D eigenvalue weighted by atomic mass is 32.2. The van der Waals surface area contributed by atoms with Crippen LogP contribution in [0.15, 0.2) is 12.2 Å². The molecule has 1 heterocycles. The molecule has 0 unspecified atom stereocenters. The summed E-state index contributed by atoms with van der Waals surface area (Å²) in [5.41, 5.74) is 0. The van der Waals surface area contributed by atoms with Crippen molar-refractivity contribution in [1.82, 2.24) is 9.62 Å². The summed E-state index contributed by atoms with van der Waals surface area (Å²) >= 11 is 0. The van der Waals surface area contributed by atoms with Gasteiger partial charge in [-0.25, -0.2) is 12.7 Å². The Labute approximate surface area is 127 Å². The van der Waals surface area contributed by atoms with Crippen molar-refractivity contribution >= 4 is 15.9 Å². The Bertz CT molecular complexity index is 479. The molecule has 0 radical (unpaired) electrons. The van der Waals surface area contributed by atoms with Gasteiger partial charge < -0.3 is 5.32 Å². The lowest BCUT2D eigenvalue weighted by Gasteiger charge is -2.32. The van der Waals surface area contributed by atoms with Crippen molar-refractivity contribution in [2.45, 2.75) is 51.5 Å². The van der Waals surface area contributed by atoms with Crippen molar-refractivity contribution in [2.75, 3.05) is 18.8 Å². The minimum Gasteiger partial charge on any atom is -0.353 e. The van der Waals surface area contributed by atoms with E-state index >= 15 is 0 Å². The number of nitrogens with one attached hydrogen (secondary N) is 1. The Balaban J connectivity index is 1.79. The zero-order valence-electron chi connectivity index (χ0n) is 12.8. The van der Waals surface area contributed by atoms with Crippen LogP contribution in [0.3, 0.4) is 0 Å². The van der Waals surface area contributed by atoms with Gasteiger partial charge in [0, 0.05) is 25.0 Å². The molecule has 1 aliphatic carbocycles. The first-order valence-corrected chi connectivity index (χ1v) is 9.57. The molecule has 2 rings (SSSR count). The molecule has 21 heavy (non-hydrogen) atoms. The molecule has 120 valence electrons. The van der Waals surface area contributed by atoms with E-state index in [1.807, 2.05) is 6.92 Å². The van der Waals surface area contributed by atoms with E-state index in [0.717, 1.165) is 32.1 Å². The summed E-state index contributed by atoms with van der Waals surface area (Å²) in [6.07, 6.45) is 9.02. The first-order valence-electron chi connectivity index (χ1n) is 7.96. The number of rotatable bonds is 5. The molecule has 6 heteroatoms. The van der Waals surface area contributed by atoms with Crippen LogP contribution in [-0.4, -0.2) is 43.5 Å². The minimum absolute atomic E-state index is 0.0943. The highest BCUT2D eigenvalue weighted by Gasteiger charge is 2.29. The lowest BCUT2D eigenvalue weighted by Crippen LogP contribution is -2.48. The molecule has 0 aromatic heterocycles. The van der Waals surface area contributed by atoms with E-state index in [4.69, 9.17) is 0 Å². The molecule has 1 aliphatic heterocycles. The van der Waals surface area contributed by atoms with Crippen LogP contribution < -0.4 is 5.32 Å². The fraction of sp³-hybridized carbons (Fsp3) is 0.800. The monoisotopic (exact) mass is 314 g/mol. The highest BCUT2D eigenvalue weighted by molar-refractivity contribution is 7.89. The van der Waals surface area contributed by atoms with Gasteiger partial charge in [0.05, 0.1) is 5.75 Å². The molecular weight excluding hydrogens is 288 g/mol. The van der Waals surface area contributed by atoms with Gasteiger partial charge in [0.2, 0.25) is 15.9 Å². The van der Waals surface area contributed by atoms with Crippen LogP contribution >= 0.6 is 0 Å². The highest BCUT2D eigenvalue weighted by Crippen LogP contribution is 2.20. The molecular formula is C15H26N2O3S. The molecule has 0 aromatic rings. The third-order valence-corrected chi connectivity index (χ3v) is 6.37. The Morgan fingerprint density at radius 2 is 1.95 bits per heavy atom. The van der Waals surface area contributed by atoms with Gasteiger partial charge in [-0.2, -0.15) is 0 Å². The van der Waals surface area contributed by atoms with Crippen molar-refractivity contribution in [3.8, 4) is 0 Å². The lowest BCUT2D eigenvalue weighted by atomic mass is 9.93. The summed E-state index contributed by atoms with van der Waals surface area (Å²) in [7, 11) is -3.09. The summed E-state index contributed by atoms with van der Waals surface area (Å²) in [4.78, 5) is 12.2. The van der Waals surface area contributed by atoms with Crippen molar-refractivity contribution in [3.63, 3.8) is 0 Å². The van der Waals surface area contributed by atoms with Crippen LogP contribution in [0.2, 0.25) is 0 Å². The summed E-state index contributed by atoms with van der Waals surface area (Å²) in [5, 5.41) is 3.10. The van der Waals surface area contributed by atoms with Gasteiger partial charge in [-0.3, -0.25) is 4.79 Å². The van der Waals surface area contributed by atoms with E-state index in [9.17, 15) is 13.2 Å². The molecule has 2 aliphatic rings. The molecule has 0 aromatic carbocycles. The van der Waals surface area contributed by atoms with E-state index < -0.39 is 10.0 Å². The second-order valence-corrected chi connectivity index (χ2v) is 8.07.